The van der Waals surface area contributed by atoms with E-state index < -0.39 is 42.8 Å². The van der Waals surface area contributed by atoms with Crippen LogP contribution in [0.3, 0.4) is 0 Å². The normalized spacial score (nSPS) is 18.8. The van der Waals surface area contributed by atoms with E-state index in [4.69, 9.17) is 9.79 Å². The minimum absolute atomic E-state index is 0.0371. The molecule has 1 atom stereocenters. The zero-order chi connectivity index (χ0) is 14.4. The Labute approximate surface area is 106 Å². The van der Waals surface area contributed by atoms with Crippen molar-refractivity contribution in [2.45, 2.75) is 19.3 Å². The largest absolute Gasteiger partial charge is 0.525 e. The number of hydrogen-bond donors (Lipinski definition) is 2. The van der Waals surface area contributed by atoms with Crippen LogP contribution in [-0.2, 0) is 9.36 Å². The molecule has 0 saturated heterocycles. The van der Waals surface area contributed by atoms with Gasteiger partial charge in [-0.1, -0.05) is 6.92 Å². The van der Waals surface area contributed by atoms with Crippen LogP contribution in [0.1, 0.15) is 24.8 Å². The fourth-order valence-corrected chi connectivity index (χ4v) is 2.20. The number of rotatable bonds is 2. The van der Waals surface area contributed by atoms with Gasteiger partial charge >= 0.3 is 13.8 Å². The van der Waals surface area contributed by atoms with E-state index in [1.807, 2.05) is 0 Å². The van der Waals surface area contributed by atoms with Crippen LogP contribution in [0.4, 0.5) is 8.78 Å². The number of carbonyl (C=O) groups excluding carboxylic acids is 1. The van der Waals surface area contributed by atoms with Gasteiger partial charge in [0, 0.05) is 5.56 Å². The molecule has 19 heavy (non-hydrogen) atoms. The van der Waals surface area contributed by atoms with Crippen molar-refractivity contribution < 1.29 is 37.2 Å². The van der Waals surface area contributed by atoms with Crippen LogP contribution in [0.5, 0.6) is 11.5 Å². The predicted octanol–water partition coefficient (Wildman–Crippen LogP) is 1.85. The van der Waals surface area contributed by atoms with Gasteiger partial charge in [0.1, 0.15) is 0 Å². The Morgan fingerprint density at radius 2 is 2.11 bits per heavy atom. The van der Waals surface area contributed by atoms with Crippen LogP contribution in [0.2, 0.25) is 0 Å². The molecule has 0 spiro atoms. The molecule has 0 saturated carbocycles. The molecule has 1 aromatic rings. The second-order valence-electron chi connectivity index (χ2n) is 4.08. The van der Waals surface area contributed by atoms with Gasteiger partial charge in [-0.15, -0.1) is 0 Å². The summed E-state index contributed by atoms with van der Waals surface area (Å²) in [6.45, 7) is 1.57. The molecule has 0 aliphatic carbocycles. The average Bonchev–Trinajstić information content (AvgIpc) is 2.25. The summed E-state index contributed by atoms with van der Waals surface area (Å²) in [7, 11) is -5.13. The van der Waals surface area contributed by atoms with E-state index in [0.29, 0.717) is 0 Å². The van der Waals surface area contributed by atoms with E-state index in [1.165, 1.54) is 0 Å². The lowest BCUT2D eigenvalue weighted by Crippen LogP contribution is -2.20. The van der Waals surface area contributed by atoms with Crippen molar-refractivity contribution in [3.05, 3.63) is 23.3 Å². The zero-order valence-electron chi connectivity index (χ0n) is 9.59. The van der Waals surface area contributed by atoms with Crippen molar-refractivity contribution in [3.8, 4) is 11.5 Å². The minimum atomic E-state index is -5.13. The second-order valence-corrected chi connectivity index (χ2v) is 5.24. The molecule has 1 aromatic carbocycles. The van der Waals surface area contributed by atoms with Crippen LogP contribution >= 0.6 is 7.82 Å². The summed E-state index contributed by atoms with van der Waals surface area (Å²) in [6, 6.07) is 0.834. The van der Waals surface area contributed by atoms with Gasteiger partial charge in [0.15, 0.2) is 11.6 Å². The van der Waals surface area contributed by atoms with Crippen molar-refractivity contribution in [1.29, 1.82) is 0 Å². The smallest absolute Gasteiger partial charge is 0.423 e. The zero-order valence-corrected chi connectivity index (χ0v) is 10.5. The number of ether oxygens (including phenoxy) is 1. The third-order valence-electron chi connectivity index (χ3n) is 2.59. The van der Waals surface area contributed by atoms with Gasteiger partial charge in [0.05, 0.1) is 6.42 Å². The van der Waals surface area contributed by atoms with Crippen LogP contribution in [0.15, 0.2) is 6.07 Å². The molecule has 0 radical (unpaired) electrons. The van der Waals surface area contributed by atoms with Crippen molar-refractivity contribution in [2.75, 3.05) is 0 Å². The molecule has 0 aromatic heterocycles. The van der Waals surface area contributed by atoms with Gasteiger partial charge in [-0.3, -0.25) is 14.6 Å². The number of carbonyl (C=O) groups is 1. The SMILES string of the molecule is CC1CC(=O)Oc2c1cc(F)c(OP(=O)(O)O)c2F. The van der Waals surface area contributed by atoms with E-state index in [1.54, 1.807) is 6.92 Å². The standard InChI is InChI=1S/C10H9F2O6P/c1-4-2-7(13)17-9-5(4)3-6(11)10(8(9)12)18-19(14,15)16/h3-4H,2H2,1H3,(H2,14,15,16). The van der Waals surface area contributed by atoms with E-state index in [9.17, 15) is 18.1 Å². The number of benzene rings is 1. The third-order valence-corrected chi connectivity index (χ3v) is 3.01. The minimum Gasteiger partial charge on any atom is -0.423 e. The lowest BCUT2D eigenvalue weighted by atomic mass is 9.94. The lowest BCUT2D eigenvalue weighted by molar-refractivity contribution is -0.136. The maximum atomic E-state index is 13.9. The Bertz CT molecular complexity index is 596. The Kier molecular flexibility index (Phi) is 3.34. The van der Waals surface area contributed by atoms with Gasteiger partial charge in [-0.25, -0.2) is 8.96 Å². The quantitative estimate of drug-likeness (QED) is 0.491. The number of esters is 1. The second kappa shape index (κ2) is 4.56. The number of fused-ring (bicyclic) bond motifs is 1. The van der Waals surface area contributed by atoms with Gasteiger partial charge in [0.2, 0.25) is 11.6 Å². The van der Waals surface area contributed by atoms with Crippen molar-refractivity contribution >= 4 is 13.8 Å². The highest BCUT2D eigenvalue weighted by Crippen LogP contribution is 2.46. The van der Waals surface area contributed by atoms with Crippen molar-refractivity contribution in [2.24, 2.45) is 0 Å². The predicted molar refractivity (Wildman–Crippen MR) is 57.7 cm³/mol. The summed E-state index contributed by atoms with van der Waals surface area (Å²) in [6.07, 6.45) is -0.0371. The molecule has 0 bridgehead atoms. The molecule has 9 heteroatoms. The van der Waals surface area contributed by atoms with Crippen LogP contribution in [0.25, 0.3) is 0 Å². The maximum absolute atomic E-state index is 13.9. The Morgan fingerprint density at radius 1 is 1.47 bits per heavy atom. The summed E-state index contributed by atoms with van der Waals surface area (Å²) < 4.78 is 46.7. The van der Waals surface area contributed by atoms with Gasteiger partial charge in [-0.2, -0.15) is 4.39 Å². The first-order chi connectivity index (χ1) is 8.69. The van der Waals surface area contributed by atoms with Crippen LogP contribution in [0, 0.1) is 11.6 Å². The van der Waals surface area contributed by atoms with Gasteiger partial charge < -0.3 is 9.26 Å². The molecule has 1 heterocycles. The third kappa shape index (κ3) is 2.75. The van der Waals surface area contributed by atoms with Crippen LogP contribution in [-0.4, -0.2) is 15.8 Å². The topological polar surface area (TPSA) is 93.1 Å². The Balaban J connectivity index is 2.57. The molecule has 1 unspecified atom stereocenters. The molecule has 0 fully saturated rings. The fourth-order valence-electron chi connectivity index (χ4n) is 1.79. The highest BCUT2D eigenvalue weighted by molar-refractivity contribution is 7.46. The molecule has 1 aliphatic heterocycles. The first-order valence-corrected chi connectivity index (χ1v) is 6.70. The molecule has 1 aliphatic rings. The van der Waals surface area contributed by atoms with E-state index in [2.05, 4.69) is 9.26 Å². The highest BCUT2D eigenvalue weighted by atomic mass is 31.2. The van der Waals surface area contributed by atoms with Crippen molar-refractivity contribution in [1.82, 2.24) is 0 Å². The first-order valence-electron chi connectivity index (χ1n) is 5.16. The summed E-state index contributed by atoms with van der Waals surface area (Å²) in [5.74, 6) is -5.73. The molecule has 6 nitrogen and oxygen atoms in total. The number of phosphoric acid groups is 1. The fraction of sp³-hybridized carbons (Fsp3) is 0.300. The Morgan fingerprint density at radius 3 is 2.68 bits per heavy atom. The molecule has 2 N–H and O–H groups in total. The molecule has 0 amide bonds. The lowest BCUT2D eigenvalue weighted by Gasteiger charge is -2.23. The van der Waals surface area contributed by atoms with Gasteiger partial charge in [-0.05, 0) is 12.0 Å². The van der Waals surface area contributed by atoms with Gasteiger partial charge in [0.25, 0.3) is 0 Å². The monoisotopic (exact) mass is 294 g/mol. The molecular formula is C10H9F2O6P. The molecular weight excluding hydrogens is 285 g/mol. The van der Waals surface area contributed by atoms with E-state index in [0.717, 1.165) is 6.07 Å². The first kappa shape index (κ1) is 13.9. The maximum Gasteiger partial charge on any atom is 0.525 e. The summed E-state index contributed by atoms with van der Waals surface area (Å²) >= 11 is 0. The summed E-state index contributed by atoms with van der Waals surface area (Å²) in [5, 5.41) is 0. The van der Waals surface area contributed by atoms with Crippen LogP contribution < -0.4 is 9.26 Å². The van der Waals surface area contributed by atoms with E-state index >= 15 is 0 Å². The molecule has 104 valence electrons. The van der Waals surface area contributed by atoms with E-state index in [-0.39, 0.29) is 12.0 Å². The molecule has 2 rings (SSSR count). The average molecular weight is 294 g/mol. The summed E-state index contributed by atoms with van der Waals surface area (Å²) in [5.41, 5.74) is 0.104. The van der Waals surface area contributed by atoms with Crippen molar-refractivity contribution in [3.63, 3.8) is 0 Å². The highest BCUT2D eigenvalue weighted by Gasteiger charge is 2.33. The summed E-state index contributed by atoms with van der Waals surface area (Å²) in [4.78, 5) is 28.3. The number of halogens is 2. The number of hydrogen-bond acceptors (Lipinski definition) is 4. The number of phosphoric ester groups is 1. The Hall–Kier alpha value is -1.50.